The van der Waals surface area contributed by atoms with Crippen LogP contribution in [0.25, 0.3) is 0 Å². The fourth-order valence-electron chi connectivity index (χ4n) is 3.66. The number of anilines is 2. The first kappa shape index (κ1) is 21.5. The largest absolute Gasteiger partial charge is 0.324 e. The molecule has 4 nitrogen and oxygen atoms in total. The van der Waals surface area contributed by atoms with E-state index in [1.165, 1.54) is 0 Å². The fourth-order valence-corrected chi connectivity index (χ4v) is 5.02. The molecule has 2 atom stereocenters. The van der Waals surface area contributed by atoms with Crippen LogP contribution in [0.15, 0.2) is 72.8 Å². The monoisotopic (exact) mass is 450 g/mol. The summed E-state index contributed by atoms with van der Waals surface area (Å²) >= 11 is 7.95. The molecule has 1 aliphatic heterocycles. The van der Waals surface area contributed by atoms with Crippen LogP contribution in [0.1, 0.15) is 33.0 Å². The van der Waals surface area contributed by atoms with E-state index in [0.29, 0.717) is 11.4 Å². The van der Waals surface area contributed by atoms with E-state index >= 15 is 0 Å². The minimum atomic E-state index is -0.779. The highest BCUT2D eigenvalue weighted by atomic mass is 35.5. The molecule has 3 aromatic carbocycles. The van der Waals surface area contributed by atoms with Crippen molar-refractivity contribution in [2.24, 2.45) is 0 Å². The summed E-state index contributed by atoms with van der Waals surface area (Å²) in [7, 11) is 0. The molecule has 1 saturated heterocycles. The maximum atomic E-state index is 12.7. The number of carbonyl (C=O) groups is 2. The van der Waals surface area contributed by atoms with Crippen molar-refractivity contribution in [2.45, 2.75) is 24.6 Å². The summed E-state index contributed by atoms with van der Waals surface area (Å²) in [6.45, 7) is 4.04. The number of hydrogen-bond donors (Lipinski definition) is 1. The van der Waals surface area contributed by atoms with Gasteiger partial charge in [0.2, 0.25) is 11.8 Å². The summed E-state index contributed by atoms with van der Waals surface area (Å²) in [6, 6.07) is 23.0. The Labute approximate surface area is 191 Å². The lowest BCUT2D eigenvalue weighted by atomic mass is 10.1. The van der Waals surface area contributed by atoms with Crippen LogP contribution in [0.2, 0.25) is 0 Å². The smallest absolute Gasteiger partial charge is 0.246 e. The van der Waals surface area contributed by atoms with Gasteiger partial charge in [0.1, 0.15) is 10.8 Å². The third-order valence-electron chi connectivity index (χ3n) is 5.25. The van der Waals surface area contributed by atoms with Gasteiger partial charge in [0.05, 0.1) is 5.75 Å². The molecule has 0 spiro atoms. The first-order chi connectivity index (χ1) is 14.9. The molecule has 0 aliphatic carbocycles. The molecule has 1 N–H and O–H groups in total. The van der Waals surface area contributed by atoms with E-state index in [-0.39, 0.29) is 17.2 Å². The number of amides is 2. The van der Waals surface area contributed by atoms with Gasteiger partial charge in [0.15, 0.2) is 0 Å². The fraction of sp³-hybridized carbons (Fsp3) is 0.200. The van der Waals surface area contributed by atoms with Crippen LogP contribution < -0.4 is 10.2 Å². The Morgan fingerprint density at radius 3 is 2.61 bits per heavy atom. The Hall–Kier alpha value is -2.76. The van der Waals surface area contributed by atoms with Gasteiger partial charge in [-0.05, 0) is 54.3 Å². The zero-order chi connectivity index (χ0) is 22.0. The number of thioether (sulfide) groups is 1. The molecule has 1 fully saturated rings. The normalized spacial score (nSPS) is 16.9. The lowest BCUT2D eigenvalue weighted by Crippen LogP contribution is -2.28. The predicted molar refractivity (Wildman–Crippen MR) is 129 cm³/mol. The standard InChI is InChI=1S/C25H23ClN2O2S/c1-16-11-12-17(2)21(13-16)28-22(29)15-31-25(28)19-9-6-10-20(14-19)27-24(30)23(26)18-7-4-3-5-8-18/h3-14,23,25H,15H2,1-2H3,(H,27,30)/t23-,25-/m0/s1. The molecule has 0 radical (unpaired) electrons. The topological polar surface area (TPSA) is 49.4 Å². The number of rotatable bonds is 5. The van der Waals surface area contributed by atoms with Gasteiger partial charge in [-0.2, -0.15) is 0 Å². The number of alkyl halides is 1. The maximum absolute atomic E-state index is 12.7. The number of benzene rings is 3. The van der Waals surface area contributed by atoms with Crippen molar-refractivity contribution in [3.63, 3.8) is 0 Å². The summed E-state index contributed by atoms with van der Waals surface area (Å²) in [5.41, 5.74) is 5.46. The molecule has 1 aliphatic rings. The van der Waals surface area contributed by atoms with Crippen molar-refractivity contribution in [2.75, 3.05) is 16.0 Å². The van der Waals surface area contributed by atoms with Crippen molar-refractivity contribution in [1.82, 2.24) is 0 Å². The van der Waals surface area contributed by atoms with E-state index in [2.05, 4.69) is 11.4 Å². The van der Waals surface area contributed by atoms with Crippen molar-refractivity contribution in [3.8, 4) is 0 Å². The van der Waals surface area contributed by atoms with Crippen LogP contribution in [0, 0.1) is 13.8 Å². The third kappa shape index (κ3) is 4.63. The van der Waals surface area contributed by atoms with Crippen molar-refractivity contribution in [3.05, 3.63) is 95.1 Å². The highest BCUT2D eigenvalue weighted by Gasteiger charge is 2.35. The second kappa shape index (κ2) is 9.16. The van der Waals surface area contributed by atoms with Gasteiger partial charge in [-0.15, -0.1) is 23.4 Å². The van der Waals surface area contributed by atoms with E-state index in [9.17, 15) is 9.59 Å². The van der Waals surface area contributed by atoms with E-state index in [1.54, 1.807) is 11.8 Å². The van der Waals surface area contributed by atoms with Crippen molar-refractivity contribution in [1.29, 1.82) is 0 Å². The maximum Gasteiger partial charge on any atom is 0.246 e. The van der Waals surface area contributed by atoms with Crippen LogP contribution in [0.4, 0.5) is 11.4 Å². The van der Waals surface area contributed by atoms with Crippen LogP contribution >= 0.6 is 23.4 Å². The Morgan fingerprint density at radius 1 is 1.06 bits per heavy atom. The quantitative estimate of drug-likeness (QED) is 0.485. The Morgan fingerprint density at radius 2 is 1.84 bits per heavy atom. The van der Waals surface area contributed by atoms with E-state index < -0.39 is 5.38 Å². The Bertz CT molecular complexity index is 1120. The molecule has 0 bridgehead atoms. The van der Waals surface area contributed by atoms with Gasteiger partial charge in [-0.3, -0.25) is 14.5 Å². The van der Waals surface area contributed by atoms with Crippen molar-refractivity contribution < 1.29 is 9.59 Å². The second-order valence-corrected chi connectivity index (χ2v) is 9.11. The minimum Gasteiger partial charge on any atom is -0.324 e. The van der Waals surface area contributed by atoms with E-state index in [0.717, 1.165) is 27.9 Å². The van der Waals surface area contributed by atoms with Crippen LogP contribution in [0.5, 0.6) is 0 Å². The number of aryl methyl sites for hydroxylation is 2. The minimum absolute atomic E-state index is 0.0861. The van der Waals surface area contributed by atoms with Crippen molar-refractivity contribution >= 4 is 46.6 Å². The molecule has 6 heteroatoms. The van der Waals surface area contributed by atoms with Gasteiger partial charge in [0, 0.05) is 11.4 Å². The molecule has 0 saturated carbocycles. The summed E-state index contributed by atoms with van der Waals surface area (Å²) in [5, 5.41) is 1.98. The van der Waals surface area contributed by atoms with Gasteiger partial charge >= 0.3 is 0 Å². The van der Waals surface area contributed by atoms with E-state index in [1.807, 2.05) is 85.5 Å². The molecule has 1 heterocycles. The van der Waals surface area contributed by atoms with Gasteiger partial charge in [-0.1, -0.05) is 54.6 Å². The number of halogens is 1. The molecule has 3 aromatic rings. The third-order valence-corrected chi connectivity index (χ3v) is 6.92. The molecule has 2 amide bonds. The SMILES string of the molecule is Cc1ccc(C)c(N2C(=O)CS[C@H]2c2cccc(NC(=O)[C@@H](Cl)c3ccccc3)c2)c1. The Kier molecular flexibility index (Phi) is 6.35. The zero-order valence-electron chi connectivity index (χ0n) is 17.3. The molecule has 158 valence electrons. The average molecular weight is 451 g/mol. The molecule has 4 rings (SSSR count). The molecule has 31 heavy (non-hydrogen) atoms. The Balaban J connectivity index is 1.58. The lowest BCUT2D eigenvalue weighted by molar-refractivity contribution is -0.116. The second-order valence-electron chi connectivity index (χ2n) is 7.60. The number of hydrogen-bond acceptors (Lipinski definition) is 3. The number of nitrogens with zero attached hydrogens (tertiary/aromatic N) is 1. The van der Waals surface area contributed by atoms with Gasteiger partial charge in [0.25, 0.3) is 0 Å². The summed E-state index contributed by atoms with van der Waals surface area (Å²) in [5.74, 6) is 0.224. The highest BCUT2D eigenvalue weighted by molar-refractivity contribution is 8.00. The molecule has 0 aromatic heterocycles. The molecular weight excluding hydrogens is 428 g/mol. The number of nitrogens with one attached hydrogen (secondary N) is 1. The molecular formula is C25H23ClN2O2S. The first-order valence-electron chi connectivity index (χ1n) is 10.0. The van der Waals surface area contributed by atoms with E-state index in [4.69, 9.17) is 11.6 Å². The first-order valence-corrected chi connectivity index (χ1v) is 11.5. The van der Waals surface area contributed by atoms with Gasteiger partial charge in [-0.25, -0.2) is 0 Å². The van der Waals surface area contributed by atoms with Gasteiger partial charge < -0.3 is 5.32 Å². The summed E-state index contributed by atoms with van der Waals surface area (Å²) in [6.07, 6.45) is 0. The van der Waals surface area contributed by atoms with Crippen LogP contribution in [-0.4, -0.2) is 17.6 Å². The van der Waals surface area contributed by atoms with Crippen LogP contribution in [-0.2, 0) is 9.59 Å². The summed E-state index contributed by atoms with van der Waals surface area (Å²) < 4.78 is 0. The predicted octanol–water partition coefficient (Wildman–Crippen LogP) is 6.00. The lowest BCUT2D eigenvalue weighted by Gasteiger charge is -2.26. The average Bonchev–Trinajstić information content (AvgIpc) is 3.17. The van der Waals surface area contributed by atoms with Crippen LogP contribution in [0.3, 0.4) is 0 Å². The highest BCUT2D eigenvalue weighted by Crippen LogP contribution is 2.43. The number of carbonyl (C=O) groups excluding carboxylic acids is 2. The molecule has 0 unspecified atom stereocenters. The summed E-state index contributed by atoms with van der Waals surface area (Å²) in [4.78, 5) is 27.3. The zero-order valence-corrected chi connectivity index (χ0v) is 18.9.